The summed E-state index contributed by atoms with van der Waals surface area (Å²) in [6.45, 7) is 4.26. The molecule has 4 aliphatic heterocycles. The van der Waals surface area contributed by atoms with Gasteiger partial charge in [0.1, 0.15) is 0 Å². The molecule has 14 heteroatoms. The van der Waals surface area contributed by atoms with E-state index in [4.69, 9.17) is 4.74 Å². The molecule has 2 aromatic rings. The molecule has 4 fully saturated rings. The highest BCUT2D eigenvalue weighted by molar-refractivity contribution is 7.92. The van der Waals surface area contributed by atoms with Crippen molar-refractivity contribution in [3.8, 4) is 0 Å². The Morgan fingerprint density at radius 1 is 1.05 bits per heavy atom. The van der Waals surface area contributed by atoms with Crippen molar-refractivity contribution in [2.24, 2.45) is 0 Å². The number of nitrogens with zero attached hydrogens (tertiary/aromatic N) is 2. The standard InChI is InChI=1S/C29H34F3N3O6S2/c1-2-42(37,38)33-17-23-4-3-15-35(23)43(39,40)26-13-7-21(8-14-26)27(16-20-5-9-22(10-6-20)29(30,31)32)28(36)34-18-25-12-11-24(34)19-41-25/h2,5-10,13-14,23-25,27,33H,1,3-4,11-12,15-19H2/t23-,24?,25?,27?/m1/s1. The number of morpholine rings is 1. The van der Waals surface area contributed by atoms with Crippen LogP contribution in [0.3, 0.4) is 0 Å². The summed E-state index contributed by atoms with van der Waals surface area (Å²) in [5.74, 6) is -0.927. The average molecular weight is 642 g/mol. The van der Waals surface area contributed by atoms with Gasteiger partial charge in [-0.1, -0.05) is 30.8 Å². The number of benzene rings is 2. The number of ether oxygens (including phenoxy) is 1. The third kappa shape index (κ3) is 6.98. The summed E-state index contributed by atoms with van der Waals surface area (Å²) in [4.78, 5) is 15.7. The van der Waals surface area contributed by atoms with Crippen molar-refractivity contribution in [3.63, 3.8) is 0 Å². The lowest BCUT2D eigenvalue weighted by molar-refractivity contribution is -0.156. The van der Waals surface area contributed by atoms with Gasteiger partial charge in [0.2, 0.25) is 26.0 Å². The number of rotatable bonds is 10. The van der Waals surface area contributed by atoms with Gasteiger partial charge >= 0.3 is 6.18 Å². The minimum Gasteiger partial charge on any atom is -0.374 e. The van der Waals surface area contributed by atoms with Crippen LogP contribution in [0.1, 0.15) is 48.3 Å². The summed E-state index contributed by atoms with van der Waals surface area (Å²) in [6, 6.07) is 10.0. The van der Waals surface area contributed by atoms with Crippen LogP contribution in [0.4, 0.5) is 13.2 Å². The molecule has 3 unspecified atom stereocenters. The third-order valence-corrected chi connectivity index (χ3v) is 11.4. The quantitative estimate of drug-likeness (QED) is 0.424. The van der Waals surface area contributed by atoms with E-state index in [1.807, 2.05) is 0 Å². The Hall–Kier alpha value is -2.78. The van der Waals surface area contributed by atoms with Crippen LogP contribution >= 0.6 is 0 Å². The first-order valence-corrected chi connectivity index (χ1v) is 17.1. The molecule has 0 radical (unpaired) electrons. The normalized spacial score (nSPS) is 23.8. The fraction of sp³-hybridized carbons (Fsp3) is 0.483. The lowest BCUT2D eigenvalue weighted by Gasteiger charge is -2.46. The maximum Gasteiger partial charge on any atom is 0.416 e. The molecule has 4 heterocycles. The van der Waals surface area contributed by atoms with Crippen LogP contribution in [0, 0.1) is 0 Å². The van der Waals surface area contributed by atoms with Crippen LogP contribution in [0.15, 0.2) is 65.4 Å². The first kappa shape index (κ1) is 31.6. The zero-order valence-electron chi connectivity index (χ0n) is 23.4. The van der Waals surface area contributed by atoms with Crippen molar-refractivity contribution in [2.45, 2.75) is 67.3 Å². The molecule has 6 rings (SSSR count). The Balaban J connectivity index is 1.39. The van der Waals surface area contributed by atoms with Gasteiger partial charge in [-0.05, 0) is 67.5 Å². The zero-order valence-corrected chi connectivity index (χ0v) is 25.0. The molecule has 234 valence electrons. The van der Waals surface area contributed by atoms with Gasteiger partial charge in [0.05, 0.1) is 35.1 Å². The maximum absolute atomic E-state index is 13.9. The fourth-order valence-electron chi connectivity index (χ4n) is 6.04. The maximum atomic E-state index is 13.9. The van der Waals surface area contributed by atoms with Gasteiger partial charge in [0.25, 0.3) is 0 Å². The molecule has 9 nitrogen and oxygen atoms in total. The van der Waals surface area contributed by atoms with Gasteiger partial charge in [-0.2, -0.15) is 17.5 Å². The average Bonchev–Trinajstić information content (AvgIpc) is 3.49. The fourth-order valence-corrected chi connectivity index (χ4v) is 8.28. The first-order valence-electron chi connectivity index (χ1n) is 14.1. The number of carbonyl (C=O) groups is 1. The molecular formula is C29H34F3N3O6S2. The molecule has 1 N–H and O–H groups in total. The Labute approximate surface area is 249 Å². The Bertz CT molecular complexity index is 1540. The zero-order chi connectivity index (χ0) is 31.0. The number of nitrogens with one attached hydrogen (secondary N) is 1. The molecule has 0 aromatic heterocycles. The molecule has 4 aliphatic rings. The Kier molecular flexibility index (Phi) is 9.06. The predicted molar refractivity (Wildman–Crippen MR) is 153 cm³/mol. The predicted octanol–water partition coefficient (Wildman–Crippen LogP) is 3.64. The molecule has 2 bridgehead atoms. The van der Waals surface area contributed by atoms with Crippen LogP contribution in [0.5, 0.6) is 0 Å². The van der Waals surface area contributed by atoms with Crippen molar-refractivity contribution >= 4 is 26.0 Å². The van der Waals surface area contributed by atoms with Crippen molar-refractivity contribution in [3.05, 3.63) is 77.2 Å². The summed E-state index contributed by atoms with van der Waals surface area (Å²) >= 11 is 0. The second kappa shape index (κ2) is 12.3. The minimum absolute atomic E-state index is 0.000821. The van der Waals surface area contributed by atoms with Crippen molar-refractivity contribution in [2.75, 3.05) is 26.2 Å². The van der Waals surface area contributed by atoms with Gasteiger partial charge in [-0.3, -0.25) is 4.79 Å². The minimum atomic E-state index is -4.48. The molecule has 0 aliphatic carbocycles. The topological polar surface area (TPSA) is 113 Å². The van der Waals surface area contributed by atoms with E-state index in [0.29, 0.717) is 37.1 Å². The number of carbonyl (C=O) groups excluding carboxylic acids is 1. The number of hydrogen-bond donors (Lipinski definition) is 1. The van der Waals surface area contributed by atoms with Crippen molar-refractivity contribution < 1.29 is 39.5 Å². The number of sulfonamides is 2. The summed E-state index contributed by atoms with van der Waals surface area (Å²) in [7, 11) is -7.69. The Morgan fingerprint density at radius 2 is 1.74 bits per heavy atom. The van der Waals surface area contributed by atoms with E-state index >= 15 is 0 Å². The highest BCUT2D eigenvalue weighted by atomic mass is 32.2. The van der Waals surface area contributed by atoms with E-state index in [2.05, 4.69) is 11.3 Å². The molecule has 0 spiro atoms. The third-order valence-electron chi connectivity index (χ3n) is 8.44. The van der Waals surface area contributed by atoms with Crippen LogP contribution in [0.25, 0.3) is 0 Å². The van der Waals surface area contributed by atoms with Gasteiger partial charge < -0.3 is 9.64 Å². The van der Waals surface area contributed by atoms with E-state index in [9.17, 15) is 34.8 Å². The smallest absolute Gasteiger partial charge is 0.374 e. The highest BCUT2D eigenvalue weighted by Crippen LogP contribution is 2.34. The van der Waals surface area contributed by atoms with Gasteiger partial charge in [-0.25, -0.2) is 21.6 Å². The summed E-state index contributed by atoms with van der Waals surface area (Å²) in [5, 5.41) is 0.768. The van der Waals surface area contributed by atoms with E-state index in [0.717, 1.165) is 30.4 Å². The molecule has 0 saturated carbocycles. The second-order valence-electron chi connectivity index (χ2n) is 11.2. The van der Waals surface area contributed by atoms with Crippen LogP contribution in [-0.4, -0.2) is 76.4 Å². The molecule has 1 amide bonds. The Morgan fingerprint density at radius 3 is 2.30 bits per heavy atom. The number of halogens is 3. The summed E-state index contributed by atoms with van der Waals surface area (Å²) in [5.41, 5.74) is 0.308. The number of alkyl halides is 3. The number of piperidine rings is 1. The molecule has 2 aromatic carbocycles. The van der Waals surface area contributed by atoms with Gasteiger partial charge in [0, 0.05) is 31.1 Å². The molecular weight excluding hydrogens is 607 g/mol. The summed E-state index contributed by atoms with van der Waals surface area (Å²) < 4.78 is 99.4. The van der Waals surface area contributed by atoms with Crippen LogP contribution in [0.2, 0.25) is 0 Å². The van der Waals surface area contributed by atoms with Crippen LogP contribution < -0.4 is 4.72 Å². The van der Waals surface area contributed by atoms with Crippen LogP contribution in [-0.2, 0) is 42.2 Å². The van der Waals surface area contributed by atoms with E-state index in [-0.39, 0.29) is 42.5 Å². The van der Waals surface area contributed by atoms with Crippen molar-refractivity contribution in [1.29, 1.82) is 0 Å². The number of fused-ring (bicyclic) bond motifs is 3. The largest absolute Gasteiger partial charge is 0.416 e. The van der Waals surface area contributed by atoms with Crippen molar-refractivity contribution in [1.82, 2.24) is 13.9 Å². The van der Waals surface area contributed by atoms with Gasteiger partial charge in [-0.15, -0.1) is 0 Å². The first-order chi connectivity index (χ1) is 20.3. The molecule has 4 atom stereocenters. The lowest BCUT2D eigenvalue weighted by Crippen LogP contribution is -2.57. The molecule has 43 heavy (non-hydrogen) atoms. The lowest BCUT2D eigenvalue weighted by atomic mass is 9.88. The second-order valence-corrected chi connectivity index (χ2v) is 14.8. The summed E-state index contributed by atoms with van der Waals surface area (Å²) in [6.07, 6.45) is -1.68. The number of hydrogen-bond acceptors (Lipinski definition) is 6. The van der Waals surface area contributed by atoms with E-state index in [1.54, 1.807) is 17.0 Å². The highest BCUT2D eigenvalue weighted by Gasteiger charge is 2.40. The van der Waals surface area contributed by atoms with Gasteiger partial charge in [0.15, 0.2) is 0 Å². The molecule has 4 saturated heterocycles. The monoisotopic (exact) mass is 641 g/mol. The van der Waals surface area contributed by atoms with E-state index < -0.39 is 43.7 Å². The SMILES string of the molecule is C=CS(=O)(=O)NC[C@H]1CCCN1S(=O)(=O)c1ccc(C(Cc2ccc(C(F)(F)F)cc2)C(=O)N2CC3CCC2CO3)cc1. The number of amides is 1. The van der Waals surface area contributed by atoms with E-state index in [1.165, 1.54) is 28.6 Å².